The van der Waals surface area contributed by atoms with E-state index >= 15 is 0 Å². The number of likely N-dealkylation sites (N-methyl/N-ethyl adjacent to an activating group) is 1. The van der Waals surface area contributed by atoms with E-state index in [-0.39, 0.29) is 12.4 Å². The Morgan fingerprint density at radius 2 is 2.20 bits per heavy atom. The number of halogens is 1. The number of nitrogens with one attached hydrogen (secondary N) is 1. The van der Waals surface area contributed by atoms with Crippen LogP contribution in [0.25, 0.3) is 0 Å². The summed E-state index contributed by atoms with van der Waals surface area (Å²) in [6, 6.07) is 4.73. The molecule has 0 fully saturated rings. The molecule has 0 saturated heterocycles. The van der Waals surface area contributed by atoms with Crippen molar-refractivity contribution in [2.45, 2.75) is 26.0 Å². The summed E-state index contributed by atoms with van der Waals surface area (Å²) in [7, 11) is 3.44. The zero-order valence-electron chi connectivity index (χ0n) is 12.5. The number of hydrogen-bond acceptors (Lipinski definition) is 4. The molecular formula is C15H25FN2O2. The van der Waals surface area contributed by atoms with Crippen molar-refractivity contribution >= 4 is 5.69 Å². The second kappa shape index (κ2) is 8.89. The number of ether oxygens (including phenoxy) is 1. The molecule has 0 bridgehead atoms. The van der Waals surface area contributed by atoms with Crippen LogP contribution in [-0.2, 0) is 11.3 Å². The number of methoxy groups -OCH3 is 1. The monoisotopic (exact) mass is 284 g/mol. The minimum absolute atomic E-state index is 0.243. The van der Waals surface area contributed by atoms with Crippen molar-refractivity contribution < 1.29 is 14.2 Å². The first-order valence-electron chi connectivity index (χ1n) is 6.95. The van der Waals surface area contributed by atoms with Crippen molar-refractivity contribution in [2.75, 3.05) is 38.8 Å². The number of nitrogens with zero attached hydrogens (tertiary/aromatic N) is 1. The molecule has 1 rings (SSSR count). The molecule has 20 heavy (non-hydrogen) atoms. The average molecular weight is 284 g/mol. The van der Waals surface area contributed by atoms with E-state index in [2.05, 4.69) is 12.2 Å². The number of aliphatic hydroxyl groups excluding tert-OH is 1. The van der Waals surface area contributed by atoms with Crippen LogP contribution in [0.3, 0.4) is 0 Å². The summed E-state index contributed by atoms with van der Waals surface area (Å²) in [5.41, 5.74) is 1.82. The third-order valence-electron chi connectivity index (χ3n) is 3.04. The minimum Gasteiger partial charge on any atom is -0.389 e. The Balaban J connectivity index is 2.75. The van der Waals surface area contributed by atoms with Crippen molar-refractivity contribution in [3.8, 4) is 0 Å². The van der Waals surface area contributed by atoms with Crippen molar-refractivity contribution in [1.29, 1.82) is 0 Å². The summed E-state index contributed by atoms with van der Waals surface area (Å²) in [5, 5.41) is 13.1. The van der Waals surface area contributed by atoms with Gasteiger partial charge in [0.15, 0.2) is 0 Å². The molecule has 0 aliphatic rings. The zero-order valence-corrected chi connectivity index (χ0v) is 12.5. The predicted molar refractivity (Wildman–Crippen MR) is 79.6 cm³/mol. The van der Waals surface area contributed by atoms with Crippen LogP contribution in [0.4, 0.5) is 10.1 Å². The number of hydrogen-bond donors (Lipinski definition) is 2. The molecule has 0 aliphatic heterocycles. The van der Waals surface area contributed by atoms with Gasteiger partial charge in [0, 0.05) is 32.9 Å². The molecule has 5 heteroatoms. The molecule has 0 aliphatic carbocycles. The molecule has 2 N–H and O–H groups in total. The second-order valence-corrected chi connectivity index (χ2v) is 4.94. The smallest absolute Gasteiger partial charge is 0.123 e. The lowest BCUT2D eigenvalue weighted by Gasteiger charge is -2.25. The molecule has 1 atom stereocenters. The minimum atomic E-state index is -0.563. The van der Waals surface area contributed by atoms with Crippen LogP contribution in [0.1, 0.15) is 18.9 Å². The fourth-order valence-corrected chi connectivity index (χ4v) is 2.13. The quantitative estimate of drug-likeness (QED) is 0.678. The van der Waals surface area contributed by atoms with Gasteiger partial charge < -0.3 is 20.1 Å². The van der Waals surface area contributed by atoms with Gasteiger partial charge in [0.2, 0.25) is 0 Å². The Labute approximate surface area is 120 Å². The molecule has 0 spiro atoms. The average Bonchev–Trinajstić information content (AvgIpc) is 2.39. The molecule has 4 nitrogen and oxygen atoms in total. The van der Waals surface area contributed by atoms with E-state index in [1.807, 2.05) is 11.9 Å². The topological polar surface area (TPSA) is 44.7 Å². The fourth-order valence-electron chi connectivity index (χ4n) is 2.13. The SMILES string of the molecule is CCCNCc1cc(F)ccc1N(C)CC(O)COC. The molecule has 114 valence electrons. The van der Waals surface area contributed by atoms with Gasteiger partial charge in [-0.05, 0) is 36.7 Å². The molecule has 0 aromatic heterocycles. The van der Waals surface area contributed by atoms with Gasteiger partial charge in [0.1, 0.15) is 5.82 Å². The van der Waals surface area contributed by atoms with Crippen molar-refractivity contribution in [2.24, 2.45) is 0 Å². The summed E-state index contributed by atoms with van der Waals surface area (Å²) in [4.78, 5) is 1.92. The lowest BCUT2D eigenvalue weighted by Crippen LogP contribution is -2.32. The van der Waals surface area contributed by atoms with Crippen LogP contribution in [0.5, 0.6) is 0 Å². The van der Waals surface area contributed by atoms with E-state index in [4.69, 9.17) is 4.74 Å². The Hall–Kier alpha value is -1.17. The van der Waals surface area contributed by atoms with Crippen molar-refractivity contribution in [3.05, 3.63) is 29.6 Å². The van der Waals surface area contributed by atoms with Crippen LogP contribution in [0, 0.1) is 5.82 Å². The maximum atomic E-state index is 13.4. The summed E-state index contributed by atoms with van der Waals surface area (Å²) >= 11 is 0. The molecule has 1 aromatic rings. The Morgan fingerprint density at radius 1 is 1.45 bits per heavy atom. The van der Waals surface area contributed by atoms with Gasteiger partial charge in [-0.15, -0.1) is 0 Å². The molecule has 0 saturated carbocycles. The van der Waals surface area contributed by atoms with Gasteiger partial charge in [-0.3, -0.25) is 0 Å². The number of benzene rings is 1. The van der Waals surface area contributed by atoms with Crippen molar-refractivity contribution in [3.63, 3.8) is 0 Å². The van der Waals surface area contributed by atoms with Crippen LogP contribution < -0.4 is 10.2 Å². The van der Waals surface area contributed by atoms with Crippen LogP contribution >= 0.6 is 0 Å². The molecule has 0 radical (unpaired) electrons. The van der Waals surface area contributed by atoms with E-state index in [1.54, 1.807) is 13.2 Å². The van der Waals surface area contributed by atoms with Gasteiger partial charge in [-0.25, -0.2) is 4.39 Å². The summed E-state index contributed by atoms with van der Waals surface area (Å²) in [5.74, 6) is -0.243. The third kappa shape index (κ3) is 5.45. The first kappa shape index (κ1) is 16.9. The predicted octanol–water partition coefficient (Wildman–Crippen LogP) is 1.77. The molecule has 1 unspecified atom stereocenters. The van der Waals surface area contributed by atoms with Gasteiger partial charge in [-0.1, -0.05) is 6.92 Å². The Kier molecular flexibility index (Phi) is 7.51. The van der Waals surface area contributed by atoms with E-state index in [1.165, 1.54) is 12.1 Å². The largest absolute Gasteiger partial charge is 0.389 e. The van der Waals surface area contributed by atoms with E-state index in [9.17, 15) is 9.50 Å². The lowest BCUT2D eigenvalue weighted by molar-refractivity contribution is 0.0695. The fraction of sp³-hybridized carbons (Fsp3) is 0.600. The molecule has 1 aromatic carbocycles. The third-order valence-corrected chi connectivity index (χ3v) is 3.04. The van der Waals surface area contributed by atoms with Crippen LogP contribution in [0.15, 0.2) is 18.2 Å². The lowest BCUT2D eigenvalue weighted by atomic mass is 10.1. The highest BCUT2D eigenvalue weighted by molar-refractivity contribution is 5.53. The van der Waals surface area contributed by atoms with Gasteiger partial charge in [0.25, 0.3) is 0 Å². The maximum Gasteiger partial charge on any atom is 0.123 e. The molecular weight excluding hydrogens is 259 g/mol. The van der Waals surface area contributed by atoms with E-state index in [0.29, 0.717) is 13.1 Å². The van der Waals surface area contributed by atoms with Crippen molar-refractivity contribution in [1.82, 2.24) is 5.32 Å². The van der Waals surface area contributed by atoms with Crippen LogP contribution in [-0.4, -0.2) is 45.1 Å². The van der Waals surface area contributed by atoms with Crippen LogP contribution in [0.2, 0.25) is 0 Å². The highest BCUT2D eigenvalue weighted by Crippen LogP contribution is 2.21. The normalized spacial score (nSPS) is 12.4. The van der Waals surface area contributed by atoms with E-state index < -0.39 is 6.10 Å². The summed E-state index contributed by atoms with van der Waals surface area (Å²) in [6.07, 6.45) is 0.471. The first-order chi connectivity index (χ1) is 9.58. The summed E-state index contributed by atoms with van der Waals surface area (Å²) < 4.78 is 18.3. The van der Waals surface area contributed by atoms with Gasteiger partial charge >= 0.3 is 0 Å². The summed E-state index contributed by atoms with van der Waals surface area (Å²) in [6.45, 7) is 4.33. The van der Waals surface area contributed by atoms with Gasteiger partial charge in [0.05, 0.1) is 12.7 Å². The number of rotatable bonds is 9. The Bertz CT molecular complexity index is 401. The highest BCUT2D eigenvalue weighted by Gasteiger charge is 2.12. The van der Waals surface area contributed by atoms with E-state index in [0.717, 1.165) is 24.2 Å². The zero-order chi connectivity index (χ0) is 15.0. The number of anilines is 1. The molecule has 0 amide bonds. The number of aliphatic hydroxyl groups is 1. The maximum absolute atomic E-state index is 13.4. The molecule has 0 heterocycles. The second-order valence-electron chi connectivity index (χ2n) is 4.94. The Morgan fingerprint density at radius 3 is 2.85 bits per heavy atom. The van der Waals surface area contributed by atoms with Gasteiger partial charge in [-0.2, -0.15) is 0 Å². The highest BCUT2D eigenvalue weighted by atomic mass is 19.1. The first-order valence-corrected chi connectivity index (χ1v) is 6.95. The standard InChI is InChI=1S/C15H25FN2O2/c1-4-7-17-9-12-8-13(16)5-6-15(12)18(2)10-14(19)11-20-3/h5-6,8,14,17,19H,4,7,9-11H2,1-3H3.